The van der Waals surface area contributed by atoms with E-state index in [0.29, 0.717) is 6.42 Å². The molecule has 0 spiro atoms. The predicted molar refractivity (Wildman–Crippen MR) is 70.2 cm³/mol. The van der Waals surface area contributed by atoms with Crippen LogP contribution in [0.25, 0.3) is 0 Å². The van der Waals surface area contributed by atoms with Crippen LogP contribution in [0.2, 0.25) is 0 Å². The summed E-state index contributed by atoms with van der Waals surface area (Å²) < 4.78 is 26.5. The van der Waals surface area contributed by atoms with Gasteiger partial charge in [0.25, 0.3) is 0 Å². The number of hydrogen-bond acceptors (Lipinski definition) is 1. The van der Waals surface area contributed by atoms with Gasteiger partial charge < -0.3 is 0 Å². The minimum Gasteiger partial charge on any atom is -0.294 e. The summed E-state index contributed by atoms with van der Waals surface area (Å²) in [5.74, 6) is -1.64. The average Bonchev–Trinajstić information content (AvgIpc) is 2.40. The van der Waals surface area contributed by atoms with E-state index in [1.807, 2.05) is 31.2 Å². The summed E-state index contributed by atoms with van der Waals surface area (Å²) in [7, 11) is 0. The van der Waals surface area contributed by atoms with Crippen LogP contribution in [0.4, 0.5) is 8.78 Å². The summed E-state index contributed by atoms with van der Waals surface area (Å²) in [4.78, 5) is 11.9. The van der Waals surface area contributed by atoms with Crippen LogP contribution in [-0.4, -0.2) is 5.78 Å². The van der Waals surface area contributed by atoms with E-state index in [1.165, 1.54) is 0 Å². The fraction of sp³-hybridized carbons (Fsp3) is 0.188. The Bertz CT molecular complexity index is 605. The van der Waals surface area contributed by atoms with Gasteiger partial charge in [-0.05, 0) is 42.7 Å². The number of aryl methyl sites for hydroxylation is 2. The maximum atomic E-state index is 13.4. The summed E-state index contributed by atoms with van der Waals surface area (Å²) in [6.45, 7) is 1.96. The minimum atomic E-state index is -0.670. The van der Waals surface area contributed by atoms with Gasteiger partial charge in [-0.1, -0.05) is 24.3 Å². The molecule has 0 radical (unpaired) electrons. The van der Waals surface area contributed by atoms with E-state index < -0.39 is 11.6 Å². The molecule has 0 N–H and O–H groups in total. The Kier molecular flexibility index (Phi) is 4.05. The van der Waals surface area contributed by atoms with E-state index in [0.717, 1.165) is 29.3 Å². The first-order chi connectivity index (χ1) is 9.08. The molecule has 0 bridgehead atoms. The van der Waals surface area contributed by atoms with Gasteiger partial charge in [-0.15, -0.1) is 0 Å². The van der Waals surface area contributed by atoms with E-state index >= 15 is 0 Å². The quantitative estimate of drug-likeness (QED) is 0.757. The maximum absolute atomic E-state index is 13.4. The highest BCUT2D eigenvalue weighted by Crippen LogP contribution is 2.15. The number of halogens is 2. The second-order valence-electron chi connectivity index (χ2n) is 4.47. The van der Waals surface area contributed by atoms with Gasteiger partial charge in [0.15, 0.2) is 5.78 Å². The molecule has 0 heterocycles. The van der Waals surface area contributed by atoms with Gasteiger partial charge in [-0.2, -0.15) is 0 Å². The van der Waals surface area contributed by atoms with Crippen LogP contribution < -0.4 is 0 Å². The van der Waals surface area contributed by atoms with Crippen molar-refractivity contribution < 1.29 is 13.6 Å². The fourth-order valence-electron chi connectivity index (χ4n) is 1.98. The van der Waals surface area contributed by atoms with Gasteiger partial charge in [-0.25, -0.2) is 8.78 Å². The second-order valence-corrected chi connectivity index (χ2v) is 4.47. The first kappa shape index (κ1) is 13.4. The SMILES string of the molecule is Cc1ccccc1CCC(=O)c1cc(F)ccc1F. The normalized spacial score (nSPS) is 10.5. The van der Waals surface area contributed by atoms with Gasteiger partial charge in [0.2, 0.25) is 0 Å². The molecular weight excluding hydrogens is 246 g/mol. The summed E-state index contributed by atoms with van der Waals surface area (Å²) in [5, 5.41) is 0. The van der Waals surface area contributed by atoms with Crippen molar-refractivity contribution in [2.24, 2.45) is 0 Å². The topological polar surface area (TPSA) is 17.1 Å². The van der Waals surface area contributed by atoms with E-state index in [2.05, 4.69) is 0 Å². The van der Waals surface area contributed by atoms with Gasteiger partial charge in [-0.3, -0.25) is 4.79 Å². The van der Waals surface area contributed by atoms with Gasteiger partial charge in [0.1, 0.15) is 11.6 Å². The molecule has 3 heteroatoms. The molecule has 0 aromatic heterocycles. The lowest BCUT2D eigenvalue weighted by Gasteiger charge is -2.06. The number of Topliss-reactive ketones (excluding diaryl/α,β-unsaturated/α-hetero) is 1. The predicted octanol–water partition coefficient (Wildman–Crippen LogP) is 4.09. The molecule has 0 amide bonds. The number of benzene rings is 2. The lowest BCUT2D eigenvalue weighted by atomic mass is 9.99. The third-order valence-corrected chi connectivity index (χ3v) is 3.11. The molecule has 0 aliphatic heterocycles. The van der Waals surface area contributed by atoms with Crippen LogP contribution in [0.1, 0.15) is 27.9 Å². The summed E-state index contributed by atoms with van der Waals surface area (Å²) in [6.07, 6.45) is 0.701. The Balaban J connectivity index is 2.10. The van der Waals surface area contributed by atoms with E-state index in [9.17, 15) is 13.6 Å². The largest absolute Gasteiger partial charge is 0.294 e. The molecule has 0 aliphatic carbocycles. The van der Waals surface area contributed by atoms with Crippen LogP contribution in [0.15, 0.2) is 42.5 Å². The van der Waals surface area contributed by atoms with Crippen molar-refractivity contribution in [2.75, 3.05) is 0 Å². The molecule has 0 saturated carbocycles. The zero-order chi connectivity index (χ0) is 13.8. The standard InChI is InChI=1S/C16H14F2O/c1-11-4-2-3-5-12(11)6-9-16(19)14-10-13(17)7-8-15(14)18/h2-5,7-8,10H,6,9H2,1H3. The van der Waals surface area contributed by atoms with Gasteiger partial charge in [0.05, 0.1) is 5.56 Å². The number of ketones is 1. The van der Waals surface area contributed by atoms with Crippen LogP contribution >= 0.6 is 0 Å². The molecule has 0 fully saturated rings. The van der Waals surface area contributed by atoms with Gasteiger partial charge >= 0.3 is 0 Å². The number of hydrogen-bond donors (Lipinski definition) is 0. The molecule has 2 rings (SSSR count). The molecule has 19 heavy (non-hydrogen) atoms. The Labute approximate surface area is 110 Å². The highest BCUT2D eigenvalue weighted by Gasteiger charge is 2.13. The molecular formula is C16H14F2O. The van der Waals surface area contributed by atoms with Crippen molar-refractivity contribution in [1.29, 1.82) is 0 Å². The number of rotatable bonds is 4. The average molecular weight is 260 g/mol. The highest BCUT2D eigenvalue weighted by molar-refractivity contribution is 5.96. The first-order valence-electron chi connectivity index (χ1n) is 6.10. The van der Waals surface area contributed by atoms with E-state index in [4.69, 9.17) is 0 Å². The van der Waals surface area contributed by atoms with Gasteiger partial charge in [0, 0.05) is 6.42 Å². The zero-order valence-corrected chi connectivity index (χ0v) is 10.6. The highest BCUT2D eigenvalue weighted by atomic mass is 19.1. The zero-order valence-electron chi connectivity index (χ0n) is 10.6. The molecule has 0 saturated heterocycles. The fourth-order valence-corrected chi connectivity index (χ4v) is 1.98. The minimum absolute atomic E-state index is 0.172. The van der Waals surface area contributed by atoms with Crippen molar-refractivity contribution in [3.8, 4) is 0 Å². The summed E-state index contributed by atoms with van der Waals surface area (Å²) in [6, 6.07) is 10.7. The summed E-state index contributed by atoms with van der Waals surface area (Å²) in [5.41, 5.74) is 1.97. The number of carbonyl (C=O) groups excluding carboxylic acids is 1. The van der Waals surface area contributed by atoms with Crippen molar-refractivity contribution in [1.82, 2.24) is 0 Å². The molecule has 0 aliphatic rings. The molecule has 0 atom stereocenters. The van der Waals surface area contributed by atoms with Crippen molar-refractivity contribution in [3.05, 3.63) is 70.8 Å². The van der Waals surface area contributed by atoms with Crippen molar-refractivity contribution in [2.45, 2.75) is 19.8 Å². The smallest absolute Gasteiger partial charge is 0.166 e. The first-order valence-corrected chi connectivity index (χ1v) is 6.10. The van der Waals surface area contributed by atoms with Crippen molar-refractivity contribution >= 4 is 5.78 Å². The van der Waals surface area contributed by atoms with Crippen LogP contribution in [0.5, 0.6) is 0 Å². The molecule has 2 aromatic rings. The Hall–Kier alpha value is -2.03. The number of carbonyl (C=O) groups is 1. The Morgan fingerprint density at radius 3 is 2.58 bits per heavy atom. The van der Waals surface area contributed by atoms with Crippen molar-refractivity contribution in [3.63, 3.8) is 0 Å². The molecule has 0 unspecified atom stereocenters. The monoisotopic (exact) mass is 260 g/mol. The third-order valence-electron chi connectivity index (χ3n) is 3.11. The molecule has 1 nitrogen and oxygen atoms in total. The molecule has 98 valence electrons. The summed E-state index contributed by atoms with van der Waals surface area (Å²) >= 11 is 0. The third kappa shape index (κ3) is 3.25. The lowest BCUT2D eigenvalue weighted by molar-refractivity contribution is 0.0978. The van der Waals surface area contributed by atoms with Crippen LogP contribution in [-0.2, 0) is 6.42 Å². The maximum Gasteiger partial charge on any atom is 0.166 e. The van der Waals surface area contributed by atoms with E-state index in [1.54, 1.807) is 0 Å². The van der Waals surface area contributed by atoms with Crippen LogP contribution in [0, 0.1) is 18.6 Å². The Morgan fingerprint density at radius 1 is 1.11 bits per heavy atom. The molecule has 2 aromatic carbocycles. The second kappa shape index (κ2) is 5.74. The van der Waals surface area contributed by atoms with Crippen LogP contribution in [0.3, 0.4) is 0 Å². The van der Waals surface area contributed by atoms with E-state index in [-0.39, 0.29) is 17.8 Å². The lowest BCUT2D eigenvalue weighted by Crippen LogP contribution is -2.05. The Morgan fingerprint density at radius 2 is 1.84 bits per heavy atom.